The first-order valence-electron chi connectivity index (χ1n) is 13.9. The summed E-state index contributed by atoms with van der Waals surface area (Å²) >= 11 is 0. The van der Waals surface area contributed by atoms with E-state index < -0.39 is 18.0 Å². The topological polar surface area (TPSA) is 95.5 Å². The Morgan fingerprint density at radius 2 is 1.68 bits per heavy atom. The lowest BCUT2D eigenvalue weighted by atomic mass is 9.91. The second kappa shape index (κ2) is 14.2. The van der Waals surface area contributed by atoms with Gasteiger partial charge in [-0.25, -0.2) is 4.98 Å². The van der Waals surface area contributed by atoms with Gasteiger partial charge in [0.25, 0.3) is 5.91 Å². The minimum absolute atomic E-state index is 0.0614. The van der Waals surface area contributed by atoms with Crippen LogP contribution >= 0.6 is 0 Å². The molecule has 40 heavy (non-hydrogen) atoms. The van der Waals surface area contributed by atoms with Crippen molar-refractivity contribution < 1.29 is 14.4 Å². The number of aromatic nitrogens is 2. The summed E-state index contributed by atoms with van der Waals surface area (Å²) in [6.07, 6.45) is 11.4. The second-order valence-corrected chi connectivity index (χ2v) is 10.2. The van der Waals surface area contributed by atoms with Crippen LogP contribution in [0.3, 0.4) is 0 Å². The molecule has 2 heterocycles. The molecule has 8 heteroatoms. The Morgan fingerprint density at radius 1 is 0.975 bits per heavy atom. The SMILES string of the molecule is CCCC[C@H](C)[C@@H]1C(=O)N(CCc2ccccc2)C=CN1C(=O)[C@@H](Cc1ccccc1)NC(=O)c1cnccn1. The van der Waals surface area contributed by atoms with Crippen LogP contribution in [0.15, 0.2) is 91.7 Å². The summed E-state index contributed by atoms with van der Waals surface area (Å²) in [5.74, 6) is -0.987. The highest BCUT2D eigenvalue weighted by molar-refractivity contribution is 5.98. The maximum absolute atomic E-state index is 14.1. The van der Waals surface area contributed by atoms with Crippen molar-refractivity contribution in [1.29, 1.82) is 0 Å². The number of nitrogens with zero attached hydrogens (tertiary/aromatic N) is 4. The van der Waals surface area contributed by atoms with Crippen LogP contribution in [0.4, 0.5) is 0 Å². The number of carbonyl (C=O) groups is 3. The number of nitrogens with one attached hydrogen (secondary N) is 1. The summed E-state index contributed by atoms with van der Waals surface area (Å²) in [5.41, 5.74) is 2.17. The standard InChI is InChI=1S/C32H37N5O3/c1-3-4-11-24(2)29-32(40)36(19-16-25-12-7-5-8-13-25)20-21-37(29)31(39)27(22-26-14-9-6-10-15-26)35-30(38)28-23-33-17-18-34-28/h5-10,12-15,17-18,20-21,23-24,27,29H,3-4,11,16,19,22H2,1-2H3,(H,35,38)/t24-,27+,29+/m0/s1. The molecular weight excluding hydrogens is 502 g/mol. The Bertz CT molecular complexity index is 1280. The number of amides is 3. The van der Waals surface area contributed by atoms with E-state index in [1.807, 2.05) is 67.6 Å². The zero-order valence-electron chi connectivity index (χ0n) is 23.1. The van der Waals surface area contributed by atoms with Crippen LogP contribution in [0.25, 0.3) is 0 Å². The van der Waals surface area contributed by atoms with Gasteiger partial charge >= 0.3 is 0 Å². The Labute approximate surface area is 236 Å². The van der Waals surface area contributed by atoms with Gasteiger partial charge in [0.2, 0.25) is 11.8 Å². The molecule has 2 aromatic carbocycles. The Hall–Kier alpha value is -4.33. The average Bonchev–Trinajstić information content (AvgIpc) is 2.99. The molecule has 0 unspecified atom stereocenters. The third-order valence-electron chi connectivity index (χ3n) is 7.22. The first-order chi connectivity index (χ1) is 19.5. The minimum Gasteiger partial charge on any atom is -0.338 e. The number of rotatable bonds is 12. The maximum Gasteiger partial charge on any atom is 0.272 e. The molecule has 3 atom stereocenters. The number of carbonyl (C=O) groups excluding carboxylic acids is 3. The summed E-state index contributed by atoms with van der Waals surface area (Å²) in [7, 11) is 0. The summed E-state index contributed by atoms with van der Waals surface area (Å²) in [4.78, 5) is 52.4. The van der Waals surface area contributed by atoms with Gasteiger partial charge < -0.3 is 15.1 Å². The van der Waals surface area contributed by atoms with Gasteiger partial charge in [0.05, 0.1) is 6.20 Å². The molecule has 0 spiro atoms. The van der Waals surface area contributed by atoms with Crippen LogP contribution in [0.2, 0.25) is 0 Å². The fraction of sp³-hybridized carbons (Fsp3) is 0.344. The van der Waals surface area contributed by atoms with E-state index in [4.69, 9.17) is 0 Å². The van der Waals surface area contributed by atoms with Crippen molar-refractivity contribution >= 4 is 17.7 Å². The van der Waals surface area contributed by atoms with Crippen molar-refractivity contribution in [2.75, 3.05) is 6.54 Å². The van der Waals surface area contributed by atoms with E-state index >= 15 is 0 Å². The molecule has 3 aromatic rings. The molecule has 1 N–H and O–H groups in total. The Balaban J connectivity index is 1.60. The molecule has 0 bridgehead atoms. The molecule has 0 radical (unpaired) electrons. The molecule has 0 aliphatic carbocycles. The zero-order valence-corrected chi connectivity index (χ0v) is 23.1. The first-order valence-corrected chi connectivity index (χ1v) is 13.9. The lowest BCUT2D eigenvalue weighted by Gasteiger charge is -2.40. The van der Waals surface area contributed by atoms with Gasteiger partial charge in [-0.2, -0.15) is 0 Å². The lowest BCUT2D eigenvalue weighted by molar-refractivity contribution is -0.146. The van der Waals surface area contributed by atoms with E-state index in [1.165, 1.54) is 23.5 Å². The van der Waals surface area contributed by atoms with E-state index in [0.29, 0.717) is 13.0 Å². The van der Waals surface area contributed by atoms with Gasteiger partial charge in [-0.1, -0.05) is 87.4 Å². The van der Waals surface area contributed by atoms with Crippen LogP contribution in [0.5, 0.6) is 0 Å². The van der Waals surface area contributed by atoms with Gasteiger partial charge in [0, 0.05) is 37.8 Å². The zero-order chi connectivity index (χ0) is 28.3. The number of unbranched alkanes of at least 4 members (excludes halogenated alkanes) is 1. The molecule has 1 aliphatic heterocycles. The van der Waals surface area contributed by atoms with E-state index in [0.717, 1.165) is 30.4 Å². The van der Waals surface area contributed by atoms with E-state index in [-0.39, 0.29) is 29.8 Å². The van der Waals surface area contributed by atoms with Crippen molar-refractivity contribution in [3.63, 3.8) is 0 Å². The van der Waals surface area contributed by atoms with Gasteiger partial charge in [-0.05, 0) is 29.9 Å². The highest BCUT2D eigenvalue weighted by atomic mass is 16.2. The van der Waals surface area contributed by atoms with Crippen LogP contribution in [-0.4, -0.2) is 56.1 Å². The predicted molar refractivity (Wildman–Crippen MR) is 154 cm³/mol. The monoisotopic (exact) mass is 539 g/mol. The molecule has 1 aliphatic rings. The Morgan fingerprint density at radius 3 is 2.33 bits per heavy atom. The second-order valence-electron chi connectivity index (χ2n) is 10.2. The Kier molecular flexibility index (Phi) is 10.2. The smallest absolute Gasteiger partial charge is 0.272 e. The highest BCUT2D eigenvalue weighted by Crippen LogP contribution is 2.25. The summed E-state index contributed by atoms with van der Waals surface area (Å²) in [6.45, 7) is 4.66. The van der Waals surface area contributed by atoms with Gasteiger partial charge in [-0.3, -0.25) is 19.4 Å². The van der Waals surface area contributed by atoms with Crippen LogP contribution < -0.4 is 5.32 Å². The molecule has 4 rings (SSSR count). The van der Waals surface area contributed by atoms with Crippen molar-refractivity contribution in [3.05, 3.63) is 108 Å². The molecule has 0 saturated heterocycles. The van der Waals surface area contributed by atoms with Crippen molar-refractivity contribution in [1.82, 2.24) is 25.1 Å². The third kappa shape index (κ3) is 7.40. The van der Waals surface area contributed by atoms with Gasteiger partial charge in [0.1, 0.15) is 17.8 Å². The van der Waals surface area contributed by atoms with Crippen molar-refractivity contribution in [3.8, 4) is 0 Å². The highest BCUT2D eigenvalue weighted by Gasteiger charge is 2.40. The normalized spacial score (nSPS) is 16.4. The van der Waals surface area contributed by atoms with Crippen molar-refractivity contribution in [2.45, 2.75) is 58.0 Å². The van der Waals surface area contributed by atoms with Crippen LogP contribution in [0, 0.1) is 5.92 Å². The molecular formula is C32H37N5O3. The maximum atomic E-state index is 14.1. The number of benzene rings is 2. The van der Waals surface area contributed by atoms with Crippen LogP contribution in [0.1, 0.15) is 54.7 Å². The van der Waals surface area contributed by atoms with Gasteiger partial charge in [-0.15, -0.1) is 0 Å². The summed E-state index contributed by atoms with van der Waals surface area (Å²) in [6, 6.07) is 18.0. The van der Waals surface area contributed by atoms with Crippen LogP contribution in [-0.2, 0) is 22.4 Å². The molecule has 8 nitrogen and oxygen atoms in total. The first kappa shape index (κ1) is 28.7. The van der Waals surface area contributed by atoms with Crippen molar-refractivity contribution in [2.24, 2.45) is 5.92 Å². The van der Waals surface area contributed by atoms with E-state index in [9.17, 15) is 14.4 Å². The average molecular weight is 540 g/mol. The summed E-state index contributed by atoms with van der Waals surface area (Å²) < 4.78 is 0. The summed E-state index contributed by atoms with van der Waals surface area (Å²) in [5, 5.41) is 2.86. The largest absolute Gasteiger partial charge is 0.338 e. The lowest BCUT2D eigenvalue weighted by Crippen LogP contribution is -2.58. The number of hydrogen-bond acceptors (Lipinski definition) is 5. The van der Waals surface area contributed by atoms with E-state index in [2.05, 4.69) is 22.2 Å². The minimum atomic E-state index is -0.897. The number of hydrogen-bond donors (Lipinski definition) is 1. The molecule has 208 valence electrons. The fourth-order valence-electron chi connectivity index (χ4n) is 4.98. The van der Waals surface area contributed by atoms with E-state index in [1.54, 1.807) is 17.3 Å². The fourth-order valence-corrected chi connectivity index (χ4v) is 4.98. The predicted octanol–water partition coefficient (Wildman–Crippen LogP) is 4.40. The molecule has 3 amide bonds. The third-order valence-corrected chi connectivity index (χ3v) is 7.22. The molecule has 1 aromatic heterocycles. The molecule has 0 saturated carbocycles. The van der Waals surface area contributed by atoms with Gasteiger partial charge in [0.15, 0.2) is 0 Å². The molecule has 0 fully saturated rings. The quantitative estimate of drug-likeness (QED) is 0.368.